The molecule has 0 spiro atoms. The molecule has 1 unspecified atom stereocenters. The monoisotopic (exact) mass is 712 g/mol. The first-order valence-corrected chi connectivity index (χ1v) is 17.6. The minimum Gasteiger partial charge on any atom is -0.484 e. The maximum absolute atomic E-state index is 13.5. The molecule has 0 aromatic heterocycles. The fourth-order valence-corrected chi connectivity index (χ4v) is 6.24. The molecule has 1 fully saturated rings. The number of hydrogen-bond donors (Lipinski definition) is 5. The molecule has 258 valence electrons. The van der Waals surface area contributed by atoms with Crippen molar-refractivity contribution in [2.45, 2.75) is 17.4 Å². The summed E-state index contributed by atoms with van der Waals surface area (Å²) >= 11 is 1.27. The molecule has 49 heavy (non-hydrogen) atoms. The average molecular weight is 713 g/mol. The van der Waals surface area contributed by atoms with Gasteiger partial charge in [0.15, 0.2) is 6.61 Å². The first-order valence-electron chi connectivity index (χ1n) is 14.7. The third-order valence-corrected chi connectivity index (χ3v) is 9.01. The molecule has 5 N–H and O–H groups in total. The van der Waals surface area contributed by atoms with Gasteiger partial charge in [-0.3, -0.25) is 19.2 Å². The quantitative estimate of drug-likeness (QED) is 0.114. The Morgan fingerprint density at radius 3 is 2.27 bits per heavy atom. The van der Waals surface area contributed by atoms with Crippen LogP contribution in [0.4, 0.5) is 10.1 Å². The van der Waals surface area contributed by atoms with Crippen molar-refractivity contribution in [2.75, 3.05) is 43.1 Å². The predicted molar refractivity (Wildman–Crippen MR) is 180 cm³/mol. The van der Waals surface area contributed by atoms with Crippen LogP contribution in [0.25, 0.3) is 0 Å². The van der Waals surface area contributed by atoms with E-state index in [-0.39, 0.29) is 18.2 Å². The lowest BCUT2D eigenvalue weighted by Gasteiger charge is -2.47. The summed E-state index contributed by atoms with van der Waals surface area (Å²) < 4.78 is 43.7. The summed E-state index contributed by atoms with van der Waals surface area (Å²) in [7, 11) is -3.37. The van der Waals surface area contributed by atoms with Gasteiger partial charge in [-0.25, -0.2) is 17.5 Å². The van der Waals surface area contributed by atoms with Gasteiger partial charge in [-0.05, 0) is 59.7 Å². The van der Waals surface area contributed by atoms with Gasteiger partial charge in [0.1, 0.15) is 23.4 Å². The number of carboxylic acids is 1. The van der Waals surface area contributed by atoms with Crippen LogP contribution in [0.5, 0.6) is 5.75 Å². The molecule has 4 rings (SSSR count). The van der Waals surface area contributed by atoms with Gasteiger partial charge in [0, 0.05) is 17.0 Å². The molecule has 3 amide bonds. The van der Waals surface area contributed by atoms with Gasteiger partial charge in [0.05, 0.1) is 31.5 Å². The number of aliphatic hydroxyl groups excluding tert-OH is 1. The second kappa shape index (κ2) is 16.9. The Hall–Kier alpha value is -4.95. The molecule has 16 heteroatoms. The Morgan fingerprint density at radius 1 is 0.980 bits per heavy atom. The molecule has 0 saturated carbocycles. The van der Waals surface area contributed by atoms with Gasteiger partial charge in [0.25, 0.3) is 5.91 Å². The summed E-state index contributed by atoms with van der Waals surface area (Å²) in [6.07, 6.45) is 0.103. The average Bonchev–Trinajstić information content (AvgIpc) is 3.07. The summed E-state index contributed by atoms with van der Waals surface area (Å²) in [4.78, 5) is 49.3. The van der Waals surface area contributed by atoms with Gasteiger partial charge in [-0.1, -0.05) is 36.1 Å². The molecule has 3 aromatic rings. The van der Waals surface area contributed by atoms with E-state index >= 15 is 0 Å². The number of ether oxygens (including phenoxy) is 1. The van der Waals surface area contributed by atoms with E-state index in [4.69, 9.17) is 9.84 Å². The summed E-state index contributed by atoms with van der Waals surface area (Å²) in [5.41, 5.74) is 2.47. The number of carboxylic acid groups (broad SMARTS) is 1. The van der Waals surface area contributed by atoms with Crippen LogP contribution in [-0.2, 0) is 29.2 Å². The second-order valence-corrected chi connectivity index (χ2v) is 13.7. The van der Waals surface area contributed by atoms with E-state index in [1.54, 1.807) is 53.4 Å². The van der Waals surface area contributed by atoms with Crippen molar-refractivity contribution in [3.8, 4) is 17.6 Å². The predicted octanol–water partition coefficient (Wildman–Crippen LogP) is 1.35. The number of benzene rings is 3. The highest BCUT2D eigenvalue weighted by molar-refractivity contribution is 8.00. The topological polar surface area (TPSA) is 191 Å². The van der Waals surface area contributed by atoms with Crippen LogP contribution in [0.3, 0.4) is 0 Å². The second-order valence-electron chi connectivity index (χ2n) is 10.7. The van der Waals surface area contributed by atoms with Crippen LogP contribution in [0.15, 0.2) is 72.8 Å². The highest BCUT2D eigenvalue weighted by Crippen LogP contribution is 2.46. The number of thioether (sulfide) groups is 1. The Bertz CT molecular complexity index is 1830. The molecule has 1 aliphatic heterocycles. The number of hydrogen-bond acceptors (Lipinski definition) is 9. The first kappa shape index (κ1) is 36.9. The standard InChI is InChI=1S/C33H33FN4O9S2/c1-49(45,46)37-16-2-3-21-4-12-25(13-5-21)38-31(32(33(38)44)48-20-27(39)22-6-10-24(34)11-7-22)23-8-14-26(15-9-23)47-19-29(41)35-17-28(40)36-18-30(42)43/h4-15,27,31-32,37,39H,16-20H2,1H3,(H,35,41)(H,36,40)(H,42,43)/t27-,31?,32+/m0/s1. The Balaban J connectivity index is 1.44. The van der Waals surface area contributed by atoms with Gasteiger partial charge in [0.2, 0.25) is 21.8 Å². The zero-order chi connectivity index (χ0) is 35.6. The molecule has 3 atom stereocenters. The number of halogens is 1. The van der Waals surface area contributed by atoms with E-state index in [2.05, 4.69) is 27.2 Å². The van der Waals surface area contributed by atoms with Crippen LogP contribution >= 0.6 is 11.8 Å². The van der Waals surface area contributed by atoms with E-state index in [0.29, 0.717) is 22.6 Å². The number of β-lactam (4-membered cyclic amide) rings is 1. The van der Waals surface area contributed by atoms with Crippen LogP contribution in [0.1, 0.15) is 28.8 Å². The molecule has 1 aliphatic rings. The van der Waals surface area contributed by atoms with Gasteiger partial charge in [-0.2, -0.15) is 0 Å². The number of sulfonamides is 1. The van der Waals surface area contributed by atoms with E-state index in [1.807, 2.05) is 0 Å². The number of carbonyl (C=O) groups is 4. The smallest absolute Gasteiger partial charge is 0.322 e. The summed E-state index contributed by atoms with van der Waals surface area (Å²) in [5.74, 6) is 3.02. The normalized spacial score (nSPS) is 16.1. The van der Waals surface area contributed by atoms with Gasteiger partial charge in [-0.15, -0.1) is 11.8 Å². The molecule has 0 aliphatic carbocycles. The van der Waals surface area contributed by atoms with Crippen molar-refractivity contribution < 1.29 is 46.9 Å². The fourth-order valence-electron chi connectivity index (χ4n) is 4.61. The summed E-state index contributed by atoms with van der Waals surface area (Å²) in [6.45, 7) is -1.43. The van der Waals surface area contributed by atoms with E-state index in [1.165, 1.54) is 36.0 Å². The minimum absolute atomic E-state index is 0.0495. The van der Waals surface area contributed by atoms with E-state index in [0.717, 1.165) is 11.8 Å². The van der Waals surface area contributed by atoms with Crippen molar-refractivity contribution in [2.24, 2.45) is 0 Å². The van der Waals surface area contributed by atoms with Gasteiger partial charge >= 0.3 is 5.97 Å². The van der Waals surface area contributed by atoms with Crippen LogP contribution < -0.4 is 25.0 Å². The Labute approximate surface area is 286 Å². The number of rotatable bonds is 15. The zero-order valence-electron chi connectivity index (χ0n) is 26.1. The summed E-state index contributed by atoms with van der Waals surface area (Å²) in [5, 5.41) is 23.2. The molecular weight excluding hydrogens is 680 g/mol. The maximum atomic E-state index is 13.5. The Morgan fingerprint density at radius 2 is 1.63 bits per heavy atom. The Kier molecular flexibility index (Phi) is 12.7. The molecular formula is C33H33FN4O9S2. The lowest BCUT2D eigenvalue weighted by atomic mass is 9.92. The lowest BCUT2D eigenvalue weighted by Crippen LogP contribution is -2.57. The molecule has 0 radical (unpaired) electrons. The number of aliphatic hydroxyl groups is 1. The van der Waals surface area contributed by atoms with E-state index < -0.39 is 70.7 Å². The number of amides is 3. The molecule has 0 bridgehead atoms. The van der Waals surface area contributed by atoms with Crippen molar-refractivity contribution in [1.29, 1.82) is 0 Å². The van der Waals surface area contributed by atoms with Crippen LogP contribution in [-0.4, -0.2) is 85.8 Å². The SMILES string of the molecule is CS(=O)(=O)NCC#Cc1ccc(N2C(=O)[C@H](SC[C@H](O)c3ccc(F)cc3)C2c2ccc(OCC(=O)NCC(=O)NCC(=O)O)cc2)cc1. The molecule has 13 nitrogen and oxygen atoms in total. The van der Waals surface area contributed by atoms with Crippen LogP contribution in [0, 0.1) is 17.7 Å². The van der Waals surface area contributed by atoms with Crippen molar-refractivity contribution in [1.82, 2.24) is 15.4 Å². The minimum atomic E-state index is -3.37. The van der Waals surface area contributed by atoms with Crippen molar-refractivity contribution in [3.63, 3.8) is 0 Å². The highest BCUT2D eigenvalue weighted by Gasteiger charge is 2.49. The highest BCUT2D eigenvalue weighted by atomic mass is 32.2. The van der Waals surface area contributed by atoms with Crippen LogP contribution in [0.2, 0.25) is 0 Å². The molecule has 3 aromatic carbocycles. The third-order valence-electron chi connectivity index (χ3n) is 7.01. The number of aliphatic carboxylic acids is 1. The number of anilines is 1. The molecule has 1 saturated heterocycles. The van der Waals surface area contributed by atoms with Crippen molar-refractivity contribution in [3.05, 3.63) is 95.3 Å². The van der Waals surface area contributed by atoms with Gasteiger partial charge < -0.3 is 30.5 Å². The third kappa shape index (κ3) is 11.0. The number of carbonyl (C=O) groups excluding carboxylic acids is 3. The number of nitrogens with zero attached hydrogens (tertiary/aromatic N) is 1. The fraction of sp³-hybridized carbons (Fsp3) is 0.273. The largest absolute Gasteiger partial charge is 0.484 e. The lowest BCUT2D eigenvalue weighted by molar-refractivity contribution is -0.137. The molecule has 1 heterocycles. The maximum Gasteiger partial charge on any atom is 0.322 e. The number of nitrogens with one attached hydrogen (secondary N) is 3. The van der Waals surface area contributed by atoms with Crippen molar-refractivity contribution >= 4 is 51.2 Å². The first-order chi connectivity index (χ1) is 23.3. The van der Waals surface area contributed by atoms with E-state index in [9.17, 15) is 37.1 Å². The summed E-state index contributed by atoms with van der Waals surface area (Å²) in [6, 6.07) is 18.7. The zero-order valence-corrected chi connectivity index (χ0v) is 27.7.